The largest absolute Gasteiger partial charge is 0.399 e. The lowest BCUT2D eigenvalue weighted by Crippen LogP contribution is -1.86. The highest BCUT2D eigenvalue weighted by molar-refractivity contribution is 6.33. The summed E-state index contributed by atoms with van der Waals surface area (Å²) in [6.07, 6.45) is 0.696. The molecule has 1 aromatic carbocycles. The lowest BCUT2D eigenvalue weighted by Gasteiger charge is -1.95. The van der Waals surface area contributed by atoms with Crippen LogP contribution < -0.4 is 5.73 Å². The number of hydrogen-bond donors (Lipinski definition) is 1. The molecule has 0 amide bonds. The fraction of sp³-hybridized carbons (Fsp3) is 0.222. The van der Waals surface area contributed by atoms with Crippen molar-refractivity contribution >= 4 is 23.6 Å². The fourth-order valence-electron chi connectivity index (χ4n) is 0.639. The minimum atomic E-state index is 0.398. The van der Waals surface area contributed by atoms with Crippen LogP contribution in [-0.2, 0) is 0 Å². The van der Waals surface area contributed by atoms with Crippen LogP contribution >= 0.6 is 11.6 Å². The predicted octanol–water partition coefficient (Wildman–Crippen LogP) is 2.76. The van der Waals surface area contributed by atoms with Crippen LogP contribution in [0.5, 0.6) is 0 Å². The molecule has 0 aliphatic heterocycles. The number of rotatable bonds is 1. The summed E-state index contributed by atoms with van der Waals surface area (Å²) in [5, 5.41) is 0.398. The van der Waals surface area contributed by atoms with Gasteiger partial charge in [-0.25, -0.2) is 0 Å². The van der Waals surface area contributed by atoms with Crippen molar-refractivity contribution in [2.24, 2.45) is 0 Å². The zero-order valence-electron chi connectivity index (χ0n) is 7.17. The molecule has 0 aliphatic rings. The first-order valence-electron chi connectivity index (χ1n) is 3.74. The number of anilines is 1. The van der Waals surface area contributed by atoms with Crippen LogP contribution in [0, 0.1) is 0 Å². The number of carbonyl (C=O) groups excluding carboxylic acids is 1. The third-order valence-electron chi connectivity index (χ3n) is 1.15. The summed E-state index contributed by atoms with van der Waals surface area (Å²) in [7, 11) is 0. The van der Waals surface area contributed by atoms with Crippen molar-refractivity contribution in [2.75, 3.05) is 5.73 Å². The second kappa shape index (κ2) is 5.61. The van der Waals surface area contributed by atoms with E-state index in [1.165, 1.54) is 0 Å². The average Bonchev–Trinajstić information content (AvgIpc) is 2.08. The van der Waals surface area contributed by atoms with E-state index >= 15 is 0 Å². The van der Waals surface area contributed by atoms with E-state index in [1.54, 1.807) is 18.2 Å². The Morgan fingerprint density at radius 1 is 1.42 bits per heavy atom. The normalized spacial score (nSPS) is 8.25. The molecule has 0 spiro atoms. The highest BCUT2D eigenvalue weighted by Gasteiger charge is 1.96. The third-order valence-corrected chi connectivity index (χ3v) is 1.48. The van der Waals surface area contributed by atoms with E-state index < -0.39 is 0 Å². The second-order valence-corrected chi connectivity index (χ2v) is 2.31. The van der Waals surface area contributed by atoms with Gasteiger partial charge in [-0.1, -0.05) is 25.4 Å². The van der Waals surface area contributed by atoms with Crippen LogP contribution in [0.15, 0.2) is 18.2 Å². The molecule has 0 aliphatic carbocycles. The van der Waals surface area contributed by atoms with Gasteiger partial charge in [0.25, 0.3) is 0 Å². The van der Waals surface area contributed by atoms with E-state index in [1.807, 2.05) is 13.8 Å². The van der Waals surface area contributed by atoms with Crippen LogP contribution in [0.3, 0.4) is 0 Å². The molecule has 0 atom stereocenters. The Balaban J connectivity index is 0.000000561. The number of halogens is 1. The first kappa shape index (κ1) is 11.0. The molecule has 0 aromatic heterocycles. The minimum Gasteiger partial charge on any atom is -0.399 e. The zero-order chi connectivity index (χ0) is 9.56. The zero-order valence-corrected chi connectivity index (χ0v) is 7.93. The minimum absolute atomic E-state index is 0.398. The first-order chi connectivity index (χ1) is 5.74. The molecule has 1 rings (SSSR count). The molecule has 0 radical (unpaired) electrons. The fourth-order valence-corrected chi connectivity index (χ4v) is 0.872. The van der Waals surface area contributed by atoms with Crippen LogP contribution in [-0.4, -0.2) is 6.29 Å². The van der Waals surface area contributed by atoms with Gasteiger partial charge in [-0.2, -0.15) is 0 Å². The Kier molecular flexibility index (Phi) is 5.13. The van der Waals surface area contributed by atoms with Crippen LogP contribution in [0.25, 0.3) is 0 Å². The number of aldehydes is 1. The molecular weight excluding hydrogens is 174 g/mol. The molecule has 3 heteroatoms. The van der Waals surface area contributed by atoms with Crippen molar-refractivity contribution in [1.29, 1.82) is 0 Å². The van der Waals surface area contributed by atoms with Crippen molar-refractivity contribution in [1.82, 2.24) is 0 Å². The maximum Gasteiger partial charge on any atom is 0.151 e. The van der Waals surface area contributed by atoms with Crippen molar-refractivity contribution in [2.45, 2.75) is 13.8 Å². The third kappa shape index (κ3) is 2.93. The SMILES string of the molecule is CC.Nc1ccc(C=O)c(Cl)c1. The molecule has 0 saturated carbocycles. The summed E-state index contributed by atoms with van der Waals surface area (Å²) in [5.74, 6) is 0. The van der Waals surface area contributed by atoms with Gasteiger partial charge < -0.3 is 5.73 Å². The molecular formula is C9H12ClNO. The maximum absolute atomic E-state index is 10.2. The van der Waals surface area contributed by atoms with E-state index in [2.05, 4.69) is 0 Å². The topological polar surface area (TPSA) is 43.1 Å². The highest BCUT2D eigenvalue weighted by atomic mass is 35.5. The standard InChI is InChI=1S/C7H6ClNO.C2H6/c8-7-3-6(9)2-1-5(7)4-10;1-2/h1-4H,9H2;1-2H3. The molecule has 66 valence electrons. The summed E-state index contributed by atoms with van der Waals surface area (Å²) >= 11 is 5.62. The molecule has 12 heavy (non-hydrogen) atoms. The Bertz CT molecular complexity index is 261. The monoisotopic (exact) mass is 185 g/mol. The summed E-state index contributed by atoms with van der Waals surface area (Å²) < 4.78 is 0. The average molecular weight is 186 g/mol. The smallest absolute Gasteiger partial charge is 0.151 e. The van der Waals surface area contributed by atoms with Gasteiger partial charge in [-0.15, -0.1) is 0 Å². The lowest BCUT2D eigenvalue weighted by molar-refractivity contribution is 0.112. The van der Waals surface area contributed by atoms with Crippen LogP contribution in [0.1, 0.15) is 24.2 Å². The molecule has 2 N–H and O–H groups in total. The summed E-state index contributed by atoms with van der Waals surface area (Å²) in [6.45, 7) is 4.00. The van der Waals surface area contributed by atoms with Gasteiger partial charge in [0.1, 0.15) is 0 Å². The molecule has 0 bridgehead atoms. The number of nitrogens with two attached hydrogens (primary N) is 1. The highest BCUT2D eigenvalue weighted by Crippen LogP contribution is 2.16. The van der Waals surface area contributed by atoms with Gasteiger partial charge in [0.15, 0.2) is 6.29 Å². The van der Waals surface area contributed by atoms with Crippen molar-refractivity contribution in [3.63, 3.8) is 0 Å². The van der Waals surface area contributed by atoms with Gasteiger partial charge in [0.2, 0.25) is 0 Å². The van der Waals surface area contributed by atoms with Gasteiger partial charge in [0.05, 0.1) is 5.02 Å². The van der Waals surface area contributed by atoms with Crippen molar-refractivity contribution < 1.29 is 4.79 Å². The molecule has 0 heterocycles. The second-order valence-electron chi connectivity index (χ2n) is 1.90. The number of nitrogen functional groups attached to an aromatic ring is 1. The predicted molar refractivity (Wildman–Crippen MR) is 52.6 cm³/mol. The summed E-state index contributed by atoms with van der Waals surface area (Å²) in [6, 6.07) is 4.77. The summed E-state index contributed by atoms with van der Waals surface area (Å²) in [4.78, 5) is 10.2. The lowest BCUT2D eigenvalue weighted by atomic mass is 10.2. The quantitative estimate of drug-likeness (QED) is 0.540. The van der Waals surface area contributed by atoms with E-state index in [0.29, 0.717) is 22.6 Å². The van der Waals surface area contributed by atoms with Gasteiger partial charge in [0, 0.05) is 11.3 Å². The molecule has 0 saturated heterocycles. The molecule has 1 aromatic rings. The van der Waals surface area contributed by atoms with Gasteiger partial charge in [-0.05, 0) is 18.2 Å². The number of benzene rings is 1. The first-order valence-corrected chi connectivity index (χ1v) is 4.12. The van der Waals surface area contributed by atoms with Crippen LogP contribution in [0.4, 0.5) is 5.69 Å². The van der Waals surface area contributed by atoms with E-state index in [-0.39, 0.29) is 0 Å². The Morgan fingerprint density at radius 2 is 2.00 bits per heavy atom. The van der Waals surface area contributed by atoms with Crippen molar-refractivity contribution in [3.05, 3.63) is 28.8 Å². The number of carbonyl (C=O) groups is 1. The van der Waals surface area contributed by atoms with Gasteiger partial charge >= 0.3 is 0 Å². The van der Waals surface area contributed by atoms with E-state index in [0.717, 1.165) is 0 Å². The Labute approximate surface area is 77.3 Å². The van der Waals surface area contributed by atoms with Crippen LogP contribution in [0.2, 0.25) is 5.02 Å². The Morgan fingerprint density at radius 3 is 2.42 bits per heavy atom. The Hall–Kier alpha value is -1.02. The summed E-state index contributed by atoms with van der Waals surface area (Å²) in [5.41, 5.74) is 6.42. The molecule has 0 unspecified atom stereocenters. The maximum atomic E-state index is 10.2. The van der Waals surface area contributed by atoms with E-state index in [9.17, 15) is 4.79 Å². The number of hydrogen-bond acceptors (Lipinski definition) is 2. The van der Waals surface area contributed by atoms with E-state index in [4.69, 9.17) is 17.3 Å². The van der Waals surface area contributed by atoms with Gasteiger partial charge in [-0.3, -0.25) is 4.79 Å². The molecule has 2 nitrogen and oxygen atoms in total. The van der Waals surface area contributed by atoms with Crippen molar-refractivity contribution in [3.8, 4) is 0 Å². The molecule has 0 fully saturated rings.